The maximum Gasteiger partial charge on any atom is 0.332 e. The number of amides is 2. The van der Waals surface area contributed by atoms with Crippen molar-refractivity contribution in [2.75, 3.05) is 13.7 Å². The summed E-state index contributed by atoms with van der Waals surface area (Å²) in [6.07, 6.45) is 2.39. The van der Waals surface area contributed by atoms with Crippen molar-refractivity contribution in [3.05, 3.63) is 23.8 Å². The van der Waals surface area contributed by atoms with Crippen LogP contribution in [0.5, 0.6) is 11.5 Å². The Morgan fingerprint density at radius 3 is 2.89 bits per heavy atom. The van der Waals surface area contributed by atoms with Crippen molar-refractivity contribution < 1.29 is 14.3 Å². The van der Waals surface area contributed by atoms with Gasteiger partial charge in [0.15, 0.2) is 11.5 Å². The molecule has 6 nitrogen and oxygen atoms in total. The molecule has 1 rings (SSSR count). The van der Waals surface area contributed by atoms with Crippen LogP contribution in [0.2, 0.25) is 0 Å². The molecule has 0 radical (unpaired) electrons. The average Bonchev–Trinajstić information content (AvgIpc) is 2.36. The van der Waals surface area contributed by atoms with E-state index in [2.05, 4.69) is 10.5 Å². The molecule has 0 unspecified atom stereocenters. The summed E-state index contributed by atoms with van der Waals surface area (Å²) in [4.78, 5) is 10.4. The highest BCUT2D eigenvalue weighted by atomic mass is 16.5. The molecule has 0 atom stereocenters. The standard InChI is InChI=1S/C12H17N3O3/c1-3-6-18-10-5-4-9(7-11(10)17-2)8-14-15-12(13)16/h4-5,7-8H,3,6H2,1-2H3,(H3,13,15,16). The van der Waals surface area contributed by atoms with Gasteiger partial charge in [-0.15, -0.1) is 0 Å². The van der Waals surface area contributed by atoms with E-state index in [1.807, 2.05) is 6.92 Å². The first-order valence-electron chi connectivity index (χ1n) is 5.56. The molecule has 0 aliphatic rings. The van der Waals surface area contributed by atoms with E-state index in [0.717, 1.165) is 12.0 Å². The third-order valence-electron chi connectivity index (χ3n) is 2.04. The molecule has 1 aromatic rings. The molecule has 0 aliphatic carbocycles. The molecule has 0 saturated carbocycles. The van der Waals surface area contributed by atoms with Crippen LogP contribution in [0, 0.1) is 0 Å². The van der Waals surface area contributed by atoms with Gasteiger partial charge in [-0.1, -0.05) is 6.92 Å². The van der Waals surface area contributed by atoms with Crippen molar-refractivity contribution in [3.8, 4) is 11.5 Å². The second-order valence-electron chi connectivity index (χ2n) is 3.49. The normalized spacial score (nSPS) is 10.3. The predicted octanol–water partition coefficient (Wildman–Crippen LogP) is 1.49. The fourth-order valence-corrected chi connectivity index (χ4v) is 1.27. The lowest BCUT2D eigenvalue weighted by molar-refractivity contribution is 0.249. The van der Waals surface area contributed by atoms with Crippen molar-refractivity contribution in [1.82, 2.24) is 5.43 Å². The number of urea groups is 1. The first-order valence-corrected chi connectivity index (χ1v) is 5.56. The minimum atomic E-state index is -0.707. The maximum absolute atomic E-state index is 10.4. The third kappa shape index (κ3) is 4.32. The second kappa shape index (κ2) is 7.16. The van der Waals surface area contributed by atoms with Gasteiger partial charge in [-0.25, -0.2) is 10.2 Å². The van der Waals surface area contributed by atoms with E-state index >= 15 is 0 Å². The summed E-state index contributed by atoms with van der Waals surface area (Å²) < 4.78 is 10.7. The number of primary amides is 1. The largest absolute Gasteiger partial charge is 0.493 e. The van der Waals surface area contributed by atoms with E-state index in [4.69, 9.17) is 15.2 Å². The molecule has 6 heteroatoms. The van der Waals surface area contributed by atoms with Gasteiger partial charge in [0.1, 0.15) is 0 Å². The van der Waals surface area contributed by atoms with E-state index in [-0.39, 0.29) is 0 Å². The van der Waals surface area contributed by atoms with E-state index < -0.39 is 6.03 Å². The highest BCUT2D eigenvalue weighted by Crippen LogP contribution is 2.27. The molecule has 0 bridgehead atoms. The second-order valence-corrected chi connectivity index (χ2v) is 3.49. The van der Waals surface area contributed by atoms with Crippen molar-refractivity contribution in [3.63, 3.8) is 0 Å². The molecule has 0 spiro atoms. The van der Waals surface area contributed by atoms with Crippen molar-refractivity contribution in [2.24, 2.45) is 10.8 Å². The number of nitrogens with two attached hydrogens (primary N) is 1. The summed E-state index contributed by atoms with van der Waals surface area (Å²) in [5.41, 5.74) is 7.77. The topological polar surface area (TPSA) is 85.9 Å². The summed E-state index contributed by atoms with van der Waals surface area (Å²) >= 11 is 0. The lowest BCUT2D eigenvalue weighted by Gasteiger charge is -2.10. The number of ether oxygens (including phenoxy) is 2. The molecule has 18 heavy (non-hydrogen) atoms. The van der Waals surface area contributed by atoms with Gasteiger partial charge >= 0.3 is 6.03 Å². The number of nitrogens with zero attached hydrogens (tertiary/aromatic N) is 1. The number of nitrogens with one attached hydrogen (secondary N) is 1. The van der Waals surface area contributed by atoms with Crippen molar-refractivity contribution in [2.45, 2.75) is 13.3 Å². The van der Waals surface area contributed by atoms with E-state index in [1.54, 1.807) is 25.3 Å². The molecular weight excluding hydrogens is 234 g/mol. The molecule has 3 N–H and O–H groups in total. The number of hydrazone groups is 1. The first-order chi connectivity index (χ1) is 8.67. The molecule has 0 aliphatic heterocycles. The highest BCUT2D eigenvalue weighted by Gasteiger charge is 2.04. The summed E-state index contributed by atoms with van der Waals surface area (Å²) in [6, 6.07) is 4.65. The number of hydrogen-bond acceptors (Lipinski definition) is 4. The van der Waals surface area contributed by atoms with Crippen LogP contribution < -0.4 is 20.6 Å². The van der Waals surface area contributed by atoms with Crippen LogP contribution in [-0.4, -0.2) is 26.0 Å². The van der Waals surface area contributed by atoms with Gasteiger partial charge in [-0.2, -0.15) is 5.10 Å². The lowest BCUT2D eigenvalue weighted by atomic mass is 10.2. The fraction of sp³-hybridized carbons (Fsp3) is 0.333. The number of hydrogen-bond donors (Lipinski definition) is 2. The zero-order valence-corrected chi connectivity index (χ0v) is 10.5. The van der Waals surface area contributed by atoms with Gasteiger partial charge in [0.05, 0.1) is 19.9 Å². The summed E-state index contributed by atoms with van der Waals surface area (Å²) in [6.45, 7) is 2.66. The lowest BCUT2D eigenvalue weighted by Crippen LogP contribution is -2.24. The van der Waals surface area contributed by atoms with E-state index in [0.29, 0.717) is 18.1 Å². The van der Waals surface area contributed by atoms with E-state index in [1.165, 1.54) is 6.21 Å². The number of rotatable bonds is 6. The Kier molecular flexibility index (Phi) is 5.50. The molecule has 1 aromatic carbocycles. The monoisotopic (exact) mass is 251 g/mol. The van der Waals surface area contributed by atoms with Crippen LogP contribution >= 0.6 is 0 Å². The molecule has 2 amide bonds. The van der Waals surface area contributed by atoms with E-state index in [9.17, 15) is 4.79 Å². The van der Waals surface area contributed by atoms with Crippen LogP contribution in [0.15, 0.2) is 23.3 Å². The Morgan fingerprint density at radius 2 is 2.28 bits per heavy atom. The van der Waals surface area contributed by atoms with Crippen LogP contribution in [0.1, 0.15) is 18.9 Å². The van der Waals surface area contributed by atoms with Crippen LogP contribution in [0.3, 0.4) is 0 Å². The van der Waals surface area contributed by atoms with Crippen molar-refractivity contribution in [1.29, 1.82) is 0 Å². The van der Waals surface area contributed by atoms with Gasteiger partial charge in [-0.3, -0.25) is 0 Å². The quantitative estimate of drug-likeness (QED) is 0.593. The minimum Gasteiger partial charge on any atom is -0.493 e. The Labute approximate surface area is 106 Å². The minimum absolute atomic E-state index is 0.617. The Bertz CT molecular complexity index is 433. The van der Waals surface area contributed by atoms with Crippen LogP contribution in [0.25, 0.3) is 0 Å². The molecule has 0 fully saturated rings. The number of carbonyl (C=O) groups excluding carboxylic acids is 1. The Balaban J connectivity index is 2.77. The van der Waals surface area contributed by atoms with Crippen LogP contribution in [0.4, 0.5) is 4.79 Å². The number of methoxy groups -OCH3 is 1. The van der Waals surface area contributed by atoms with Crippen molar-refractivity contribution >= 4 is 12.2 Å². The fourth-order valence-electron chi connectivity index (χ4n) is 1.27. The zero-order chi connectivity index (χ0) is 13.4. The average molecular weight is 251 g/mol. The number of benzene rings is 1. The van der Waals surface area contributed by atoms with Gasteiger partial charge in [0.2, 0.25) is 0 Å². The molecule has 0 aromatic heterocycles. The smallest absolute Gasteiger partial charge is 0.332 e. The van der Waals surface area contributed by atoms with Gasteiger partial charge in [0, 0.05) is 0 Å². The first kappa shape index (κ1) is 13.8. The molecule has 0 heterocycles. The summed E-state index contributed by atoms with van der Waals surface area (Å²) in [5.74, 6) is 1.30. The van der Waals surface area contributed by atoms with Gasteiger partial charge < -0.3 is 15.2 Å². The highest BCUT2D eigenvalue weighted by molar-refractivity contribution is 5.82. The Hall–Kier alpha value is -2.24. The van der Waals surface area contributed by atoms with Gasteiger partial charge in [-0.05, 0) is 30.2 Å². The molecular formula is C12H17N3O3. The summed E-state index contributed by atoms with van der Waals surface area (Å²) in [5, 5.41) is 3.66. The molecule has 0 saturated heterocycles. The third-order valence-corrected chi connectivity index (χ3v) is 2.04. The van der Waals surface area contributed by atoms with Crippen LogP contribution in [-0.2, 0) is 0 Å². The zero-order valence-electron chi connectivity index (χ0n) is 10.5. The molecule has 98 valence electrons. The maximum atomic E-state index is 10.4. The van der Waals surface area contributed by atoms with Gasteiger partial charge in [0.25, 0.3) is 0 Å². The summed E-state index contributed by atoms with van der Waals surface area (Å²) in [7, 11) is 1.57. The predicted molar refractivity (Wildman–Crippen MR) is 69.1 cm³/mol. The Morgan fingerprint density at radius 1 is 1.50 bits per heavy atom. The number of carbonyl (C=O) groups is 1. The SMILES string of the molecule is CCCOc1ccc(C=NNC(N)=O)cc1OC.